The van der Waals surface area contributed by atoms with Gasteiger partial charge in [0, 0.05) is 0 Å². The Morgan fingerprint density at radius 2 is 2.06 bits per heavy atom. The molecule has 90 valence electrons. The Hall–Kier alpha value is -1.42. The molecule has 0 N–H and O–H groups in total. The molecule has 2 rings (SSSR count). The highest BCUT2D eigenvalue weighted by Crippen LogP contribution is 2.23. The normalized spacial score (nSPS) is 11.1. The summed E-state index contributed by atoms with van der Waals surface area (Å²) in [5.74, 6) is 0.140. The molecule has 0 radical (unpaired) electrons. The van der Waals surface area contributed by atoms with Gasteiger partial charge in [-0.2, -0.15) is 0 Å². The second-order valence-corrected chi connectivity index (χ2v) is 4.34. The summed E-state index contributed by atoms with van der Waals surface area (Å²) in [7, 11) is 0. The van der Waals surface area contributed by atoms with Gasteiger partial charge in [0.25, 0.3) is 0 Å². The summed E-state index contributed by atoms with van der Waals surface area (Å²) in [6.07, 6.45) is 0. The number of hydrogen-bond acceptors (Lipinski definition) is 2. The fourth-order valence-corrected chi connectivity index (χ4v) is 1.99. The summed E-state index contributed by atoms with van der Waals surface area (Å²) in [4.78, 5) is 0. The molecule has 3 nitrogen and oxygen atoms in total. The average Bonchev–Trinajstić information content (AvgIpc) is 2.73. The maximum atomic E-state index is 13.7. The van der Waals surface area contributed by atoms with E-state index in [9.17, 15) is 4.39 Å². The van der Waals surface area contributed by atoms with Crippen molar-refractivity contribution in [1.82, 2.24) is 15.0 Å². The quantitative estimate of drug-likeness (QED) is 0.786. The van der Waals surface area contributed by atoms with Gasteiger partial charge in [-0.1, -0.05) is 31.2 Å². The van der Waals surface area contributed by atoms with E-state index in [4.69, 9.17) is 11.6 Å². The average molecular weight is 254 g/mol. The van der Waals surface area contributed by atoms with Crippen molar-refractivity contribution in [3.63, 3.8) is 0 Å². The molecule has 0 aliphatic heterocycles. The van der Waals surface area contributed by atoms with Gasteiger partial charge >= 0.3 is 0 Å². The number of halogens is 2. The number of alkyl halides is 1. The zero-order valence-electron chi connectivity index (χ0n) is 9.69. The lowest BCUT2D eigenvalue weighted by Gasteiger charge is -2.10. The fourth-order valence-electron chi connectivity index (χ4n) is 1.79. The Bertz CT molecular complexity index is 522. The van der Waals surface area contributed by atoms with E-state index in [1.807, 2.05) is 13.8 Å². The van der Waals surface area contributed by atoms with Gasteiger partial charge in [-0.05, 0) is 18.1 Å². The predicted molar refractivity (Wildman–Crippen MR) is 65.0 cm³/mol. The maximum Gasteiger partial charge on any atom is 0.148 e. The third kappa shape index (κ3) is 2.17. The van der Waals surface area contributed by atoms with E-state index in [2.05, 4.69) is 10.3 Å². The van der Waals surface area contributed by atoms with Gasteiger partial charge in [0.15, 0.2) is 0 Å². The van der Waals surface area contributed by atoms with Crippen LogP contribution >= 0.6 is 11.6 Å². The lowest BCUT2D eigenvalue weighted by atomic mass is 10.1. The van der Waals surface area contributed by atoms with Crippen LogP contribution in [0.25, 0.3) is 5.69 Å². The van der Waals surface area contributed by atoms with E-state index in [0.29, 0.717) is 11.4 Å². The van der Waals surface area contributed by atoms with Gasteiger partial charge in [-0.3, -0.25) is 0 Å². The topological polar surface area (TPSA) is 30.7 Å². The van der Waals surface area contributed by atoms with Crippen LogP contribution in [0.2, 0.25) is 0 Å². The first kappa shape index (κ1) is 12.0. The van der Waals surface area contributed by atoms with E-state index in [-0.39, 0.29) is 17.6 Å². The first-order valence-corrected chi connectivity index (χ1v) is 5.94. The lowest BCUT2D eigenvalue weighted by molar-refractivity contribution is 0.598. The highest BCUT2D eigenvalue weighted by molar-refractivity contribution is 6.16. The monoisotopic (exact) mass is 253 g/mol. The molecule has 0 atom stereocenters. The fraction of sp³-hybridized carbons (Fsp3) is 0.333. The lowest BCUT2D eigenvalue weighted by Crippen LogP contribution is -2.07. The molecule has 0 saturated heterocycles. The molecule has 0 saturated carbocycles. The molecule has 0 unspecified atom stereocenters. The number of para-hydroxylation sites is 1. The zero-order chi connectivity index (χ0) is 12.4. The van der Waals surface area contributed by atoms with Crippen molar-refractivity contribution in [2.24, 2.45) is 0 Å². The van der Waals surface area contributed by atoms with Crippen molar-refractivity contribution in [3.05, 3.63) is 41.5 Å². The molecule has 0 spiro atoms. The van der Waals surface area contributed by atoms with Crippen LogP contribution in [-0.2, 0) is 5.88 Å². The minimum atomic E-state index is -0.319. The molecule has 1 aromatic carbocycles. The minimum absolute atomic E-state index is 0.179. The van der Waals surface area contributed by atoms with Crippen LogP contribution in [0.15, 0.2) is 24.3 Å². The number of nitrogens with zero attached hydrogens (tertiary/aromatic N) is 3. The van der Waals surface area contributed by atoms with Crippen LogP contribution in [0, 0.1) is 5.82 Å². The van der Waals surface area contributed by atoms with Crippen molar-refractivity contribution in [2.75, 3.05) is 0 Å². The molecule has 1 aromatic heterocycles. The van der Waals surface area contributed by atoms with Crippen LogP contribution in [-0.4, -0.2) is 15.0 Å². The van der Waals surface area contributed by atoms with Crippen LogP contribution in [0.3, 0.4) is 0 Å². The number of rotatable bonds is 3. The Balaban J connectivity index is 2.60. The van der Waals surface area contributed by atoms with E-state index < -0.39 is 0 Å². The standard InChI is InChI=1S/C12H13ClFN3/c1-8(2)12-10(7-13)15-16-17(12)11-6-4-3-5-9(11)14/h3-6,8H,7H2,1-2H3. The predicted octanol–water partition coefficient (Wildman–Crippen LogP) is 3.27. The van der Waals surface area contributed by atoms with Crippen LogP contribution in [0.5, 0.6) is 0 Å². The Morgan fingerprint density at radius 1 is 1.35 bits per heavy atom. The molecule has 0 aliphatic carbocycles. The van der Waals surface area contributed by atoms with E-state index in [1.165, 1.54) is 10.7 Å². The summed E-state index contributed by atoms with van der Waals surface area (Å²) in [6.45, 7) is 4.01. The number of benzene rings is 1. The summed E-state index contributed by atoms with van der Waals surface area (Å²) in [5, 5.41) is 7.97. The van der Waals surface area contributed by atoms with Gasteiger partial charge < -0.3 is 0 Å². The largest absolute Gasteiger partial charge is 0.214 e. The van der Waals surface area contributed by atoms with Crippen LogP contribution in [0.1, 0.15) is 31.2 Å². The maximum absolute atomic E-state index is 13.7. The number of aromatic nitrogens is 3. The second kappa shape index (κ2) is 4.84. The molecule has 5 heteroatoms. The smallest absolute Gasteiger partial charge is 0.148 e. The summed E-state index contributed by atoms with van der Waals surface area (Å²) >= 11 is 5.81. The highest BCUT2D eigenvalue weighted by atomic mass is 35.5. The molecular formula is C12H13ClFN3. The van der Waals surface area contributed by atoms with E-state index in [0.717, 1.165) is 5.69 Å². The molecular weight excluding hydrogens is 241 g/mol. The molecule has 0 fully saturated rings. The van der Waals surface area contributed by atoms with Gasteiger partial charge in [-0.15, -0.1) is 16.7 Å². The third-order valence-electron chi connectivity index (χ3n) is 2.53. The van der Waals surface area contributed by atoms with Crippen LogP contribution < -0.4 is 0 Å². The summed E-state index contributed by atoms with van der Waals surface area (Å²) in [6, 6.07) is 6.49. The molecule has 0 amide bonds. The van der Waals surface area contributed by atoms with Crippen molar-refractivity contribution in [1.29, 1.82) is 0 Å². The summed E-state index contributed by atoms with van der Waals surface area (Å²) < 4.78 is 15.2. The highest BCUT2D eigenvalue weighted by Gasteiger charge is 2.18. The summed E-state index contributed by atoms with van der Waals surface area (Å²) in [5.41, 5.74) is 1.95. The Kier molecular flexibility index (Phi) is 3.43. The Labute approximate surface area is 104 Å². The SMILES string of the molecule is CC(C)c1c(CCl)nnn1-c1ccccc1F. The zero-order valence-corrected chi connectivity index (χ0v) is 10.4. The molecule has 0 aliphatic rings. The van der Waals surface area contributed by atoms with Crippen molar-refractivity contribution in [3.8, 4) is 5.69 Å². The first-order valence-electron chi connectivity index (χ1n) is 5.40. The van der Waals surface area contributed by atoms with Gasteiger partial charge in [0.2, 0.25) is 0 Å². The molecule has 1 heterocycles. The van der Waals surface area contributed by atoms with E-state index >= 15 is 0 Å². The van der Waals surface area contributed by atoms with Gasteiger partial charge in [0.1, 0.15) is 17.2 Å². The van der Waals surface area contributed by atoms with Crippen molar-refractivity contribution in [2.45, 2.75) is 25.6 Å². The second-order valence-electron chi connectivity index (χ2n) is 4.07. The molecule has 2 aromatic rings. The Morgan fingerprint density at radius 3 is 2.65 bits per heavy atom. The third-order valence-corrected chi connectivity index (χ3v) is 2.79. The van der Waals surface area contributed by atoms with Crippen molar-refractivity contribution < 1.29 is 4.39 Å². The first-order chi connectivity index (χ1) is 8.15. The number of hydrogen-bond donors (Lipinski definition) is 0. The minimum Gasteiger partial charge on any atom is -0.214 e. The van der Waals surface area contributed by atoms with Gasteiger partial charge in [0.05, 0.1) is 11.6 Å². The van der Waals surface area contributed by atoms with Gasteiger partial charge in [-0.25, -0.2) is 9.07 Å². The molecule has 0 bridgehead atoms. The van der Waals surface area contributed by atoms with E-state index in [1.54, 1.807) is 18.2 Å². The van der Waals surface area contributed by atoms with Crippen LogP contribution in [0.4, 0.5) is 4.39 Å². The molecule has 17 heavy (non-hydrogen) atoms. The van der Waals surface area contributed by atoms with Crippen molar-refractivity contribution >= 4 is 11.6 Å².